The lowest BCUT2D eigenvalue weighted by Gasteiger charge is -2.13. The Morgan fingerprint density at radius 3 is 1.93 bits per heavy atom. The zero-order valence-electron chi connectivity index (χ0n) is 10.1. The minimum absolute atomic E-state index is 0.209. The molecule has 0 aromatic heterocycles. The fourth-order valence-electron chi connectivity index (χ4n) is 1.85. The van der Waals surface area contributed by atoms with Crippen molar-refractivity contribution >= 4 is 0 Å². The molecule has 0 unspecified atom stereocenters. The van der Waals surface area contributed by atoms with Gasteiger partial charge in [-0.3, -0.25) is 0 Å². The van der Waals surface area contributed by atoms with Crippen molar-refractivity contribution in [3.8, 4) is 0 Å². The number of aliphatic hydroxyl groups excluding tert-OH is 1. The van der Waals surface area contributed by atoms with Crippen LogP contribution in [0, 0.1) is 0 Å². The third-order valence-corrected chi connectivity index (χ3v) is 2.62. The number of aliphatic hydroxyl groups is 1. The maximum atomic E-state index is 9.26. The monoisotopic (exact) mass is 196 g/mol. The molecule has 1 nitrogen and oxygen atoms in total. The Kier molecular flexibility index (Phi) is 7.50. The summed E-state index contributed by atoms with van der Waals surface area (Å²) in [4.78, 5) is 0. The van der Waals surface area contributed by atoms with Gasteiger partial charge in [0.25, 0.3) is 0 Å². The van der Waals surface area contributed by atoms with Gasteiger partial charge in [-0.25, -0.2) is 0 Å². The Morgan fingerprint density at radius 2 is 1.64 bits per heavy atom. The zero-order chi connectivity index (χ0) is 11.0. The van der Waals surface area contributed by atoms with E-state index >= 15 is 0 Å². The number of hydrogen-bond donors (Lipinski definition) is 1. The van der Waals surface area contributed by atoms with E-state index < -0.39 is 0 Å². The summed E-state index contributed by atoms with van der Waals surface area (Å²) in [5, 5.41) is 9.26. The van der Waals surface area contributed by atoms with Crippen molar-refractivity contribution in [3.05, 3.63) is 22.8 Å². The summed E-state index contributed by atoms with van der Waals surface area (Å²) in [6.07, 6.45) is 6.42. The van der Waals surface area contributed by atoms with Gasteiger partial charge < -0.3 is 5.11 Å². The second-order valence-electron chi connectivity index (χ2n) is 3.44. The van der Waals surface area contributed by atoms with Crippen LogP contribution in [0.3, 0.4) is 0 Å². The molecule has 0 radical (unpaired) electrons. The van der Waals surface area contributed by atoms with Gasteiger partial charge in [0.05, 0.1) is 6.61 Å². The van der Waals surface area contributed by atoms with E-state index in [4.69, 9.17) is 0 Å². The van der Waals surface area contributed by atoms with Crippen LogP contribution in [0.5, 0.6) is 0 Å². The maximum absolute atomic E-state index is 9.26. The average Bonchev–Trinajstić information content (AvgIpc) is 2.23. The van der Waals surface area contributed by atoms with E-state index in [0.29, 0.717) is 0 Å². The Balaban J connectivity index is 5.00. The summed E-state index contributed by atoms with van der Waals surface area (Å²) in [5.41, 5.74) is 3.99. The molecular weight excluding hydrogens is 172 g/mol. The van der Waals surface area contributed by atoms with Crippen molar-refractivity contribution in [2.75, 3.05) is 6.61 Å². The SMILES string of the molecule is CCC=C(CC)C(CC)=C(CC)CO. The van der Waals surface area contributed by atoms with Gasteiger partial charge in [0, 0.05) is 0 Å². The van der Waals surface area contributed by atoms with Gasteiger partial charge in [0.1, 0.15) is 0 Å². The Hall–Kier alpha value is -0.560. The first-order valence-electron chi connectivity index (χ1n) is 5.76. The lowest BCUT2D eigenvalue weighted by Crippen LogP contribution is -1.98. The molecule has 0 aliphatic heterocycles. The normalized spacial score (nSPS) is 14.2. The highest BCUT2D eigenvalue weighted by atomic mass is 16.3. The van der Waals surface area contributed by atoms with E-state index in [1.165, 1.54) is 16.7 Å². The summed E-state index contributed by atoms with van der Waals surface area (Å²) in [6.45, 7) is 8.83. The molecule has 82 valence electrons. The lowest BCUT2D eigenvalue weighted by atomic mass is 9.94. The smallest absolute Gasteiger partial charge is 0.0647 e. The van der Waals surface area contributed by atoms with E-state index in [0.717, 1.165) is 25.7 Å². The first kappa shape index (κ1) is 13.4. The molecule has 0 fully saturated rings. The Labute approximate surface area is 88.5 Å². The van der Waals surface area contributed by atoms with Crippen molar-refractivity contribution < 1.29 is 5.11 Å². The van der Waals surface area contributed by atoms with Gasteiger partial charge >= 0.3 is 0 Å². The highest BCUT2D eigenvalue weighted by Gasteiger charge is 2.06. The Morgan fingerprint density at radius 1 is 1.00 bits per heavy atom. The van der Waals surface area contributed by atoms with Gasteiger partial charge in [0.2, 0.25) is 0 Å². The first-order valence-corrected chi connectivity index (χ1v) is 5.76. The van der Waals surface area contributed by atoms with E-state index in [1.807, 2.05) is 0 Å². The van der Waals surface area contributed by atoms with Crippen LogP contribution >= 0.6 is 0 Å². The quantitative estimate of drug-likeness (QED) is 0.640. The summed E-state index contributed by atoms with van der Waals surface area (Å²) in [5.74, 6) is 0. The molecular formula is C13H24O. The highest BCUT2D eigenvalue weighted by Crippen LogP contribution is 2.23. The molecule has 0 aliphatic rings. The standard InChI is InChI=1S/C13H24O/c1-5-9-11(6-2)13(8-4)12(7-3)10-14/h9,14H,5-8,10H2,1-4H3. The second-order valence-corrected chi connectivity index (χ2v) is 3.44. The van der Waals surface area contributed by atoms with Crippen LogP contribution in [0.1, 0.15) is 53.4 Å². The average molecular weight is 196 g/mol. The Bertz CT molecular complexity index is 205. The van der Waals surface area contributed by atoms with E-state index in [9.17, 15) is 5.11 Å². The number of hydrogen-bond acceptors (Lipinski definition) is 1. The highest BCUT2D eigenvalue weighted by molar-refractivity contribution is 5.35. The summed E-state index contributed by atoms with van der Waals surface area (Å²) in [7, 11) is 0. The predicted molar refractivity (Wildman–Crippen MR) is 63.4 cm³/mol. The lowest BCUT2D eigenvalue weighted by molar-refractivity contribution is 0.326. The molecule has 14 heavy (non-hydrogen) atoms. The number of allylic oxidation sites excluding steroid dienone is 3. The van der Waals surface area contributed by atoms with E-state index in [2.05, 4.69) is 33.8 Å². The largest absolute Gasteiger partial charge is 0.392 e. The van der Waals surface area contributed by atoms with Gasteiger partial charge in [-0.2, -0.15) is 0 Å². The van der Waals surface area contributed by atoms with E-state index in [-0.39, 0.29) is 6.61 Å². The minimum Gasteiger partial charge on any atom is -0.392 e. The summed E-state index contributed by atoms with van der Waals surface area (Å²) >= 11 is 0. The second kappa shape index (κ2) is 7.81. The fourth-order valence-corrected chi connectivity index (χ4v) is 1.85. The van der Waals surface area contributed by atoms with Crippen molar-refractivity contribution in [2.24, 2.45) is 0 Å². The third kappa shape index (κ3) is 3.67. The zero-order valence-corrected chi connectivity index (χ0v) is 10.1. The van der Waals surface area contributed by atoms with Crippen LogP contribution in [0.4, 0.5) is 0 Å². The van der Waals surface area contributed by atoms with Crippen LogP contribution < -0.4 is 0 Å². The molecule has 0 aromatic carbocycles. The van der Waals surface area contributed by atoms with Gasteiger partial charge in [-0.15, -0.1) is 0 Å². The third-order valence-electron chi connectivity index (χ3n) is 2.62. The molecule has 0 aromatic rings. The molecule has 0 amide bonds. The van der Waals surface area contributed by atoms with Crippen LogP contribution in [0.2, 0.25) is 0 Å². The topological polar surface area (TPSA) is 20.2 Å². The summed E-state index contributed by atoms with van der Waals surface area (Å²) < 4.78 is 0. The van der Waals surface area contributed by atoms with Crippen LogP contribution in [-0.2, 0) is 0 Å². The molecule has 0 atom stereocenters. The molecule has 0 rings (SSSR count). The fraction of sp³-hybridized carbons (Fsp3) is 0.692. The van der Waals surface area contributed by atoms with Crippen LogP contribution in [0.15, 0.2) is 22.8 Å². The molecule has 1 heteroatoms. The molecule has 0 spiro atoms. The van der Waals surface area contributed by atoms with Crippen molar-refractivity contribution in [2.45, 2.75) is 53.4 Å². The van der Waals surface area contributed by atoms with Gasteiger partial charge in [-0.05, 0) is 42.4 Å². The van der Waals surface area contributed by atoms with Crippen molar-refractivity contribution in [3.63, 3.8) is 0 Å². The van der Waals surface area contributed by atoms with Gasteiger partial charge in [-0.1, -0.05) is 33.8 Å². The molecule has 0 bridgehead atoms. The van der Waals surface area contributed by atoms with Crippen LogP contribution in [-0.4, -0.2) is 11.7 Å². The molecule has 0 aliphatic carbocycles. The maximum Gasteiger partial charge on any atom is 0.0647 e. The van der Waals surface area contributed by atoms with Crippen molar-refractivity contribution in [1.82, 2.24) is 0 Å². The molecule has 1 N–H and O–H groups in total. The molecule has 0 heterocycles. The molecule has 0 saturated carbocycles. The first-order chi connectivity index (χ1) is 6.74. The molecule has 0 saturated heterocycles. The predicted octanol–water partition coefficient (Wildman–Crippen LogP) is 3.84. The minimum atomic E-state index is 0.209. The van der Waals surface area contributed by atoms with Gasteiger partial charge in [0.15, 0.2) is 0 Å². The van der Waals surface area contributed by atoms with Crippen LogP contribution in [0.25, 0.3) is 0 Å². The number of rotatable bonds is 6. The van der Waals surface area contributed by atoms with E-state index in [1.54, 1.807) is 0 Å². The van der Waals surface area contributed by atoms with Crippen molar-refractivity contribution in [1.29, 1.82) is 0 Å². The summed E-state index contributed by atoms with van der Waals surface area (Å²) in [6, 6.07) is 0.